The third kappa shape index (κ3) is 4.59. The Morgan fingerprint density at radius 2 is 1.21 bits per heavy atom. The number of thioether (sulfide) groups is 2. The number of aromatic nitrogens is 4. The maximum atomic E-state index is 11.3. The van der Waals surface area contributed by atoms with E-state index in [0.717, 1.165) is 11.1 Å². The Morgan fingerprint density at radius 3 is 1.62 bits per heavy atom. The van der Waals surface area contributed by atoms with Crippen LogP contribution in [0.15, 0.2) is 68.7 Å². The molecule has 0 saturated carbocycles. The molecule has 0 fully saturated rings. The third-order valence-corrected chi connectivity index (χ3v) is 5.02. The van der Waals surface area contributed by atoms with E-state index in [9.17, 15) is 9.59 Å². The minimum atomic E-state index is -0.157. The van der Waals surface area contributed by atoms with Gasteiger partial charge in [-0.05, 0) is 11.1 Å². The van der Waals surface area contributed by atoms with E-state index >= 15 is 0 Å². The van der Waals surface area contributed by atoms with Crippen LogP contribution in [0.2, 0.25) is 0 Å². The number of hydrogen-bond donors (Lipinski definition) is 2. The van der Waals surface area contributed by atoms with Crippen molar-refractivity contribution in [2.45, 2.75) is 21.8 Å². The molecule has 3 aromatic rings. The van der Waals surface area contributed by atoms with E-state index in [1.807, 2.05) is 24.3 Å². The molecule has 2 heterocycles. The second kappa shape index (κ2) is 7.98. The molecule has 0 unspecified atom stereocenters. The van der Waals surface area contributed by atoms with E-state index in [0.29, 0.717) is 21.8 Å². The topological polar surface area (TPSA) is 91.5 Å². The molecule has 122 valence electrons. The van der Waals surface area contributed by atoms with Crippen molar-refractivity contribution in [2.24, 2.45) is 0 Å². The molecule has 2 aromatic heterocycles. The SMILES string of the molecule is O=c1ccnc(SCc2ccccc2CSc2nccc(=O)[nH]2)[nH]1. The lowest BCUT2D eigenvalue weighted by atomic mass is 10.1. The number of rotatable bonds is 6. The molecule has 2 N–H and O–H groups in total. The molecule has 6 nitrogen and oxygen atoms in total. The van der Waals surface area contributed by atoms with Crippen LogP contribution in [0.25, 0.3) is 0 Å². The molecule has 24 heavy (non-hydrogen) atoms. The molecule has 0 aliphatic rings. The highest BCUT2D eigenvalue weighted by Gasteiger charge is 2.06. The van der Waals surface area contributed by atoms with Crippen LogP contribution in [-0.4, -0.2) is 19.9 Å². The van der Waals surface area contributed by atoms with Gasteiger partial charge < -0.3 is 9.97 Å². The van der Waals surface area contributed by atoms with E-state index < -0.39 is 0 Å². The number of nitrogens with zero attached hydrogens (tertiary/aromatic N) is 2. The van der Waals surface area contributed by atoms with Gasteiger partial charge in [-0.25, -0.2) is 9.97 Å². The summed E-state index contributed by atoms with van der Waals surface area (Å²) in [6.07, 6.45) is 3.00. The maximum Gasteiger partial charge on any atom is 0.251 e. The molecule has 0 aliphatic heterocycles. The number of benzene rings is 1. The van der Waals surface area contributed by atoms with Gasteiger partial charge in [-0.2, -0.15) is 0 Å². The van der Waals surface area contributed by atoms with Crippen LogP contribution in [0.3, 0.4) is 0 Å². The quantitative estimate of drug-likeness (QED) is 0.519. The number of H-pyrrole nitrogens is 2. The summed E-state index contributed by atoms with van der Waals surface area (Å²) >= 11 is 2.95. The molecule has 0 spiro atoms. The van der Waals surface area contributed by atoms with Crippen molar-refractivity contribution >= 4 is 23.5 Å². The summed E-state index contributed by atoms with van der Waals surface area (Å²) in [6.45, 7) is 0. The molecule has 8 heteroatoms. The highest BCUT2D eigenvalue weighted by Crippen LogP contribution is 2.25. The minimum Gasteiger partial charge on any atom is -0.301 e. The van der Waals surface area contributed by atoms with Crippen molar-refractivity contribution in [1.29, 1.82) is 0 Å². The van der Waals surface area contributed by atoms with Crippen molar-refractivity contribution in [3.05, 3.63) is 80.6 Å². The first-order valence-electron chi connectivity index (χ1n) is 7.14. The van der Waals surface area contributed by atoms with Crippen LogP contribution in [0.4, 0.5) is 0 Å². The first-order valence-corrected chi connectivity index (χ1v) is 9.11. The lowest BCUT2D eigenvalue weighted by Gasteiger charge is -2.08. The molecule has 0 amide bonds. The number of aromatic amines is 2. The van der Waals surface area contributed by atoms with Crippen LogP contribution in [0.5, 0.6) is 0 Å². The zero-order chi connectivity index (χ0) is 16.8. The van der Waals surface area contributed by atoms with Crippen molar-refractivity contribution in [1.82, 2.24) is 19.9 Å². The van der Waals surface area contributed by atoms with E-state index in [1.165, 1.54) is 48.1 Å². The fourth-order valence-corrected chi connectivity index (χ4v) is 3.75. The molecule has 0 radical (unpaired) electrons. The Morgan fingerprint density at radius 1 is 0.750 bits per heavy atom. The third-order valence-electron chi connectivity index (χ3n) is 3.14. The van der Waals surface area contributed by atoms with Gasteiger partial charge in [0.15, 0.2) is 10.3 Å². The summed E-state index contributed by atoms with van der Waals surface area (Å²) in [5.41, 5.74) is 1.99. The summed E-state index contributed by atoms with van der Waals surface area (Å²) < 4.78 is 0. The van der Waals surface area contributed by atoms with Gasteiger partial charge in [0.2, 0.25) is 0 Å². The van der Waals surface area contributed by atoms with Gasteiger partial charge in [0.25, 0.3) is 11.1 Å². The van der Waals surface area contributed by atoms with Crippen molar-refractivity contribution in [2.75, 3.05) is 0 Å². The minimum absolute atomic E-state index is 0.157. The first-order chi connectivity index (χ1) is 11.7. The van der Waals surface area contributed by atoms with Gasteiger partial charge in [0, 0.05) is 36.0 Å². The normalized spacial score (nSPS) is 10.7. The smallest absolute Gasteiger partial charge is 0.251 e. The van der Waals surface area contributed by atoms with E-state index in [1.54, 1.807) is 0 Å². The van der Waals surface area contributed by atoms with Crippen LogP contribution in [0.1, 0.15) is 11.1 Å². The van der Waals surface area contributed by atoms with Crippen LogP contribution < -0.4 is 11.1 Å². The van der Waals surface area contributed by atoms with Gasteiger partial charge >= 0.3 is 0 Å². The summed E-state index contributed by atoms with van der Waals surface area (Å²) in [5, 5.41) is 1.19. The van der Waals surface area contributed by atoms with Crippen molar-refractivity contribution < 1.29 is 0 Å². The van der Waals surface area contributed by atoms with Gasteiger partial charge in [0.1, 0.15) is 0 Å². The average molecular weight is 358 g/mol. The fourth-order valence-electron chi connectivity index (χ4n) is 1.98. The van der Waals surface area contributed by atoms with Gasteiger partial charge in [-0.15, -0.1) is 0 Å². The highest BCUT2D eigenvalue weighted by molar-refractivity contribution is 7.98. The molecular weight excluding hydrogens is 344 g/mol. The Balaban J connectivity index is 1.68. The Labute approximate surface area is 146 Å². The Hall–Kier alpha value is -2.32. The molecule has 0 aliphatic carbocycles. The lowest BCUT2D eigenvalue weighted by molar-refractivity contribution is 0.934. The Kier molecular flexibility index (Phi) is 5.50. The van der Waals surface area contributed by atoms with Crippen molar-refractivity contribution in [3.8, 4) is 0 Å². The zero-order valence-electron chi connectivity index (χ0n) is 12.6. The standard InChI is InChI=1S/C16H14N4O2S2/c21-13-5-7-17-15(19-13)23-9-11-3-1-2-4-12(11)10-24-16-18-8-6-14(22)20-16/h1-8H,9-10H2,(H,17,19,21)(H,18,20,22). The van der Waals surface area contributed by atoms with Crippen molar-refractivity contribution in [3.63, 3.8) is 0 Å². The van der Waals surface area contributed by atoms with Crippen LogP contribution >= 0.6 is 23.5 Å². The summed E-state index contributed by atoms with van der Waals surface area (Å²) in [5.74, 6) is 1.39. The first kappa shape index (κ1) is 16.5. The monoisotopic (exact) mass is 358 g/mol. The molecular formula is C16H14N4O2S2. The molecule has 3 rings (SSSR count). The van der Waals surface area contributed by atoms with E-state index in [4.69, 9.17) is 0 Å². The summed E-state index contributed by atoms with van der Waals surface area (Å²) in [4.78, 5) is 36.3. The highest BCUT2D eigenvalue weighted by atomic mass is 32.2. The predicted molar refractivity (Wildman–Crippen MR) is 95.3 cm³/mol. The predicted octanol–water partition coefficient (Wildman–Crippen LogP) is 2.44. The zero-order valence-corrected chi connectivity index (χ0v) is 14.2. The van der Waals surface area contributed by atoms with E-state index in [-0.39, 0.29) is 11.1 Å². The molecule has 1 aromatic carbocycles. The number of hydrogen-bond acceptors (Lipinski definition) is 6. The number of nitrogens with one attached hydrogen (secondary N) is 2. The average Bonchev–Trinajstić information content (AvgIpc) is 2.59. The molecule has 0 bridgehead atoms. The van der Waals surface area contributed by atoms with Crippen LogP contribution in [-0.2, 0) is 11.5 Å². The fraction of sp³-hybridized carbons (Fsp3) is 0.125. The maximum absolute atomic E-state index is 11.3. The van der Waals surface area contributed by atoms with E-state index in [2.05, 4.69) is 19.9 Å². The summed E-state index contributed by atoms with van der Waals surface area (Å²) in [6, 6.07) is 10.8. The van der Waals surface area contributed by atoms with Gasteiger partial charge in [-0.3, -0.25) is 9.59 Å². The Bertz CT molecular complexity index is 863. The molecule has 0 saturated heterocycles. The van der Waals surface area contributed by atoms with Gasteiger partial charge in [-0.1, -0.05) is 47.8 Å². The second-order valence-electron chi connectivity index (χ2n) is 4.82. The lowest BCUT2D eigenvalue weighted by Crippen LogP contribution is -2.05. The molecule has 0 atom stereocenters. The van der Waals surface area contributed by atoms with Crippen LogP contribution in [0, 0.1) is 0 Å². The second-order valence-corrected chi connectivity index (χ2v) is 6.75. The summed E-state index contributed by atoms with van der Waals surface area (Å²) in [7, 11) is 0. The van der Waals surface area contributed by atoms with Gasteiger partial charge in [0.05, 0.1) is 0 Å². The largest absolute Gasteiger partial charge is 0.301 e.